The monoisotopic (exact) mass is 1400 g/mol. The highest BCUT2D eigenvalue weighted by Gasteiger charge is 2.29. The van der Waals surface area contributed by atoms with E-state index in [1.165, 1.54) is 40.0 Å². The molecule has 6 N–H and O–H groups in total. The van der Waals surface area contributed by atoms with Crippen LogP contribution in [-0.4, -0.2) is 157 Å². The highest BCUT2D eigenvalue weighted by Crippen LogP contribution is 2.33. The van der Waals surface area contributed by atoms with Crippen molar-refractivity contribution in [1.82, 2.24) is 45.4 Å². The normalized spacial score (nSPS) is 14.1. The Morgan fingerprint density at radius 3 is 1.31 bits per heavy atom. The van der Waals surface area contributed by atoms with Crippen molar-refractivity contribution >= 4 is 64.7 Å². The van der Waals surface area contributed by atoms with Crippen LogP contribution < -0.4 is 31.9 Å². The summed E-state index contributed by atoms with van der Waals surface area (Å²) in [6, 6.07) is 44.9. The van der Waals surface area contributed by atoms with Crippen LogP contribution in [-0.2, 0) is 9.59 Å². The summed E-state index contributed by atoms with van der Waals surface area (Å²) in [5.41, 5.74) is 11.7. The van der Waals surface area contributed by atoms with Gasteiger partial charge in [-0.3, -0.25) is 29.0 Å². The van der Waals surface area contributed by atoms with Gasteiger partial charge in [-0.2, -0.15) is 10.5 Å². The van der Waals surface area contributed by atoms with E-state index in [0.29, 0.717) is 135 Å². The number of nitrogens with zero attached hydrogens (tertiary/aromatic N) is 8. The highest BCUT2D eigenvalue weighted by molar-refractivity contribution is 6.00. The number of aromatic nitrogens is 1. The van der Waals surface area contributed by atoms with E-state index in [-0.39, 0.29) is 59.5 Å². The molecule has 7 aromatic rings. The molecule has 10 rings (SSSR count). The standard InChI is InChI=1S/C28H29N5O2.C27H33N5O3.C25H31FN4O3/c1-19-5-8-24(16-26(19)32-28(35)31-20(2)25-4-3-13-30-18-25)27(34)33-14-11-23(12-15-33)22-9-6-21(17-29)7-10-22;1-4-25(33)29-13-16-31(3)27(35)30-24-17-23(8-5-19(24)2)26(34)32-14-11-22(12-15-32)21-9-6-20(18-28)7-10-21;1-17-4-5-21(16-23(17)28-25(33)27-12-15-29(3)18(2)31)24(32)30-13-10-20(11-14-30)19-6-8-22(26)9-7-19/h3-10,13,16,18,20,23H,11-12,14-15H2,1-2H3,(H2,31,32,35);5-10,17,22H,4,11-16H2,1-3H3,(H,29,33)(H,30,35);4-9,16,20H,10-15H2,1-3H3,(H2,27,28,33). The molecule has 23 heteroatoms. The lowest BCUT2D eigenvalue weighted by Gasteiger charge is -2.32. The van der Waals surface area contributed by atoms with Crippen LogP contribution in [0.4, 0.5) is 35.8 Å². The Labute approximate surface area is 603 Å². The Kier molecular flexibility index (Phi) is 28.4. The summed E-state index contributed by atoms with van der Waals surface area (Å²) < 4.78 is 13.2. The third kappa shape index (κ3) is 22.5. The van der Waals surface area contributed by atoms with Crippen molar-refractivity contribution in [2.75, 3.05) is 95.5 Å². The lowest BCUT2D eigenvalue weighted by atomic mass is 9.89. The van der Waals surface area contributed by atoms with Crippen LogP contribution in [0.5, 0.6) is 0 Å². The Bertz CT molecular complexity index is 4180. The predicted molar refractivity (Wildman–Crippen MR) is 396 cm³/mol. The van der Waals surface area contributed by atoms with E-state index in [4.69, 9.17) is 10.5 Å². The zero-order chi connectivity index (χ0) is 74.1. The number of rotatable bonds is 18. The second kappa shape index (κ2) is 37.8. The van der Waals surface area contributed by atoms with Gasteiger partial charge in [-0.05, 0) is 202 Å². The van der Waals surface area contributed by atoms with Gasteiger partial charge in [0.15, 0.2) is 0 Å². The maximum absolute atomic E-state index is 13.2. The van der Waals surface area contributed by atoms with Gasteiger partial charge >= 0.3 is 18.1 Å². The summed E-state index contributed by atoms with van der Waals surface area (Å²) in [6.45, 7) is 16.2. The van der Waals surface area contributed by atoms with E-state index < -0.39 is 0 Å². The predicted octanol–water partition coefficient (Wildman–Crippen LogP) is 12.8. The molecule has 6 aromatic carbocycles. The molecule has 1 unspecified atom stereocenters. The lowest BCUT2D eigenvalue weighted by molar-refractivity contribution is -0.127. The molecule has 3 aliphatic rings. The van der Waals surface area contributed by atoms with Crippen molar-refractivity contribution in [3.63, 3.8) is 0 Å². The molecule has 0 aliphatic carbocycles. The summed E-state index contributed by atoms with van der Waals surface area (Å²) in [5.74, 6) is 0.555. The third-order valence-electron chi connectivity index (χ3n) is 19.1. The van der Waals surface area contributed by atoms with Crippen molar-refractivity contribution < 1.29 is 42.7 Å². The zero-order valence-corrected chi connectivity index (χ0v) is 60.0. The molecule has 3 fully saturated rings. The van der Waals surface area contributed by atoms with Crippen LogP contribution in [0.3, 0.4) is 0 Å². The van der Waals surface area contributed by atoms with E-state index >= 15 is 0 Å². The first kappa shape index (κ1) is 77.3. The summed E-state index contributed by atoms with van der Waals surface area (Å²) in [6.07, 6.45) is 8.96. The first-order valence-electron chi connectivity index (χ1n) is 35.0. The average Bonchev–Trinajstić information content (AvgIpc) is 0.828. The van der Waals surface area contributed by atoms with Gasteiger partial charge in [0, 0.05) is 139 Å². The lowest BCUT2D eigenvalue weighted by Crippen LogP contribution is -2.38. The highest BCUT2D eigenvalue weighted by atomic mass is 19.1. The zero-order valence-electron chi connectivity index (χ0n) is 60.0. The Morgan fingerprint density at radius 2 is 0.922 bits per heavy atom. The topological polar surface area (TPSA) is 285 Å². The first-order chi connectivity index (χ1) is 49.5. The number of nitrogens with one attached hydrogen (secondary N) is 6. The minimum Gasteiger partial charge on any atom is -0.354 e. The van der Waals surface area contributed by atoms with E-state index in [9.17, 15) is 42.7 Å². The number of carbonyl (C=O) groups excluding carboxylic acids is 8. The van der Waals surface area contributed by atoms with E-state index in [1.807, 2.05) is 139 Å². The number of nitriles is 2. The van der Waals surface area contributed by atoms with Crippen molar-refractivity contribution in [3.05, 3.63) is 224 Å². The number of hydrogen-bond donors (Lipinski definition) is 6. The van der Waals surface area contributed by atoms with Crippen molar-refractivity contribution in [3.8, 4) is 12.1 Å². The average molecular weight is 1400 g/mol. The molecule has 538 valence electrons. The van der Waals surface area contributed by atoms with Gasteiger partial charge in [-0.15, -0.1) is 0 Å². The molecule has 22 nitrogen and oxygen atoms in total. The number of carbonyl (C=O) groups is 8. The van der Waals surface area contributed by atoms with Gasteiger partial charge in [0.25, 0.3) is 17.7 Å². The third-order valence-corrected chi connectivity index (χ3v) is 19.1. The van der Waals surface area contributed by atoms with Crippen LogP contribution in [0.15, 0.2) is 152 Å². The van der Waals surface area contributed by atoms with Crippen molar-refractivity contribution in [2.24, 2.45) is 0 Å². The number of likely N-dealkylation sites (tertiary alicyclic amines) is 3. The fourth-order valence-corrected chi connectivity index (χ4v) is 12.4. The Balaban J connectivity index is 0.000000196. The minimum absolute atomic E-state index is 0.0320. The quantitative estimate of drug-likeness (QED) is 0.0470. The number of piperidine rings is 3. The number of benzene rings is 6. The number of likely N-dealkylation sites (N-methyl/N-ethyl adjacent to an activating group) is 2. The second-order valence-corrected chi connectivity index (χ2v) is 26.3. The maximum Gasteiger partial charge on any atom is 0.321 e. The molecule has 3 aliphatic heterocycles. The first-order valence-corrected chi connectivity index (χ1v) is 35.0. The molecule has 0 spiro atoms. The fourth-order valence-electron chi connectivity index (χ4n) is 12.4. The summed E-state index contributed by atoms with van der Waals surface area (Å²) >= 11 is 0. The molecule has 0 saturated carbocycles. The molecule has 3 saturated heterocycles. The summed E-state index contributed by atoms with van der Waals surface area (Å²) in [4.78, 5) is 112. The summed E-state index contributed by atoms with van der Waals surface area (Å²) in [5, 5.41) is 34.9. The molecular formula is C80H93FN14O8. The second-order valence-electron chi connectivity index (χ2n) is 26.3. The number of halogens is 1. The smallest absolute Gasteiger partial charge is 0.321 e. The molecule has 11 amide bonds. The molecule has 0 radical (unpaired) electrons. The van der Waals surface area contributed by atoms with Crippen LogP contribution >= 0.6 is 0 Å². The van der Waals surface area contributed by atoms with Crippen LogP contribution in [0.25, 0.3) is 0 Å². The largest absolute Gasteiger partial charge is 0.354 e. The molecule has 1 atom stereocenters. The van der Waals surface area contributed by atoms with Gasteiger partial charge in [0.1, 0.15) is 5.82 Å². The SMILES string of the molecule is CC(=O)N(C)CCNC(=O)Nc1cc(C(=O)N2CCC(c3ccc(F)cc3)CC2)ccc1C.CCC(=O)NCCN(C)C(=O)Nc1cc(C(=O)N2CCC(c3ccc(C#N)cc3)CC2)ccc1C.Cc1ccc(C(=O)N2CCC(c3ccc(C#N)cc3)CC2)cc1NC(=O)NC(C)c1cccnc1. The molecule has 0 bridgehead atoms. The molecule has 103 heavy (non-hydrogen) atoms. The van der Waals surface area contributed by atoms with Crippen molar-refractivity contribution in [1.29, 1.82) is 10.5 Å². The molecular weight excluding hydrogens is 1300 g/mol. The number of urea groups is 3. The molecule has 4 heterocycles. The minimum atomic E-state index is -0.389. The van der Waals surface area contributed by atoms with Gasteiger partial charge in [-0.1, -0.05) is 67.6 Å². The van der Waals surface area contributed by atoms with Crippen molar-refractivity contribution in [2.45, 2.75) is 110 Å². The van der Waals surface area contributed by atoms with Crippen LogP contribution in [0.2, 0.25) is 0 Å². The number of aryl methyl sites for hydroxylation is 3. The van der Waals surface area contributed by atoms with Gasteiger partial charge in [-0.25, -0.2) is 18.8 Å². The number of anilines is 3. The van der Waals surface area contributed by atoms with Crippen LogP contribution in [0, 0.1) is 49.3 Å². The Morgan fingerprint density at radius 1 is 0.534 bits per heavy atom. The van der Waals surface area contributed by atoms with Crippen LogP contribution in [0.1, 0.15) is 171 Å². The Hall–Kier alpha value is -11.5. The van der Waals surface area contributed by atoms with E-state index in [2.05, 4.69) is 49.0 Å². The maximum atomic E-state index is 13.2. The van der Waals surface area contributed by atoms with E-state index in [0.717, 1.165) is 66.3 Å². The van der Waals surface area contributed by atoms with Gasteiger partial charge in [0.2, 0.25) is 11.8 Å². The van der Waals surface area contributed by atoms with E-state index in [1.54, 1.807) is 63.7 Å². The van der Waals surface area contributed by atoms with Gasteiger partial charge in [0.05, 0.1) is 29.3 Å². The summed E-state index contributed by atoms with van der Waals surface area (Å²) in [7, 11) is 3.33. The number of hydrogen-bond acceptors (Lipinski definition) is 11. The fraction of sp³-hybridized carbons (Fsp3) is 0.362. The number of amides is 11. The number of pyridine rings is 1. The molecule has 1 aromatic heterocycles. The van der Waals surface area contributed by atoms with Gasteiger partial charge < -0.3 is 56.4 Å².